The summed E-state index contributed by atoms with van der Waals surface area (Å²) in [4.78, 5) is 23.8. The van der Waals surface area contributed by atoms with Crippen LogP contribution in [0.4, 0.5) is 0 Å². The highest BCUT2D eigenvalue weighted by Gasteiger charge is 2.08. The van der Waals surface area contributed by atoms with Crippen LogP contribution < -0.4 is 10.8 Å². The summed E-state index contributed by atoms with van der Waals surface area (Å²) in [5.41, 5.74) is 3.68. The Morgan fingerprint density at radius 1 is 0.846 bits per heavy atom. The van der Waals surface area contributed by atoms with Crippen LogP contribution in [0.25, 0.3) is 10.8 Å². The molecule has 0 aromatic heterocycles. The fraction of sp³-hybridized carbons (Fsp3) is 0.100. The van der Waals surface area contributed by atoms with Gasteiger partial charge in [0.25, 0.3) is 11.8 Å². The first-order chi connectivity index (χ1) is 12.6. The van der Waals surface area contributed by atoms with E-state index in [0.29, 0.717) is 17.7 Å². The van der Waals surface area contributed by atoms with Crippen molar-refractivity contribution in [2.75, 3.05) is 6.54 Å². The number of hydrogen-bond acceptors (Lipinski definition) is 3. The summed E-state index contributed by atoms with van der Waals surface area (Å²) in [6.07, 6.45) is 0.756. The van der Waals surface area contributed by atoms with E-state index in [1.54, 1.807) is 41.9 Å². The summed E-state index contributed by atoms with van der Waals surface area (Å²) in [7, 11) is 0. The highest BCUT2D eigenvalue weighted by molar-refractivity contribution is 9.10. The molecule has 3 aromatic carbocycles. The largest absolute Gasteiger partial charge is 0.352 e. The van der Waals surface area contributed by atoms with E-state index >= 15 is 0 Å². The van der Waals surface area contributed by atoms with Crippen LogP contribution >= 0.6 is 15.9 Å². The Kier molecular flexibility index (Phi) is 5.65. The van der Waals surface area contributed by atoms with Gasteiger partial charge in [0.1, 0.15) is 0 Å². The number of fused-ring (bicyclic) bond motifs is 1. The highest BCUT2D eigenvalue weighted by Crippen LogP contribution is 2.18. The maximum atomic E-state index is 12.3. The fourth-order valence-corrected chi connectivity index (χ4v) is 2.93. The molecule has 0 unspecified atom stereocenters. The second-order valence-electron chi connectivity index (χ2n) is 5.85. The lowest BCUT2D eigenvalue weighted by Gasteiger charge is -2.07. The first-order valence-electron chi connectivity index (χ1n) is 8.08. The minimum absolute atomic E-state index is 0.138. The van der Waals surface area contributed by atoms with Crippen LogP contribution in [0.5, 0.6) is 0 Å². The summed E-state index contributed by atoms with van der Waals surface area (Å²) in [6.45, 7) is 0.550. The summed E-state index contributed by atoms with van der Waals surface area (Å²) < 4.78 is 1.03. The number of hydrogen-bond donors (Lipinski definition) is 3. The average Bonchev–Trinajstić information content (AvgIpc) is 2.68. The number of amides is 2. The predicted molar refractivity (Wildman–Crippen MR) is 103 cm³/mol. The second-order valence-corrected chi connectivity index (χ2v) is 6.77. The Bertz CT molecular complexity index is 955. The number of nitrogens with one attached hydrogen (secondary N) is 2. The van der Waals surface area contributed by atoms with Crippen molar-refractivity contribution in [1.29, 1.82) is 0 Å². The van der Waals surface area contributed by atoms with Gasteiger partial charge in [-0.3, -0.25) is 14.8 Å². The molecule has 3 aromatic rings. The Hall–Kier alpha value is -2.70. The molecular weight excluding hydrogens is 396 g/mol. The standard InChI is InChI=1S/C20H17BrN2O3/c21-18-7-1-13(2-8-18)9-10-22-19(24)16-5-3-15-12-17(20(25)23-26)6-4-14(15)11-16/h1-8,11-12,26H,9-10H2,(H,22,24)(H,23,25). The van der Waals surface area contributed by atoms with Gasteiger partial charge in [0.15, 0.2) is 0 Å². The van der Waals surface area contributed by atoms with E-state index < -0.39 is 5.91 Å². The monoisotopic (exact) mass is 412 g/mol. The molecule has 5 nitrogen and oxygen atoms in total. The number of carbonyl (C=O) groups is 2. The van der Waals surface area contributed by atoms with Gasteiger partial charge in [0.05, 0.1) is 0 Å². The third kappa shape index (κ3) is 4.28. The zero-order valence-electron chi connectivity index (χ0n) is 13.8. The quantitative estimate of drug-likeness (QED) is 0.441. The van der Waals surface area contributed by atoms with Crippen LogP contribution in [0.3, 0.4) is 0 Å². The van der Waals surface area contributed by atoms with Gasteiger partial charge in [-0.25, -0.2) is 5.48 Å². The molecule has 132 valence electrons. The molecule has 0 saturated heterocycles. The Morgan fingerprint density at radius 3 is 2.00 bits per heavy atom. The van der Waals surface area contributed by atoms with Crippen LogP contribution in [0, 0.1) is 0 Å². The minimum Gasteiger partial charge on any atom is -0.352 e. The van der Waals surface area contributed by atoms with Gasteiger partial charge >= 0.3 is 0 Å². The Balaban J connectivity index is 1.66. The smallest absolute Gasteiger partial charge is 0.274 e. The SMILES string of the molecule is O=C(NO)c1ccc2cc(C(=O)NCCc3ccc(Br)cc3)ccc2c1. The molecule has 0 fully saturated rings. The number of benzene rings is 3. The molecule has 0 radical (unpaired) electrons. The van der Waals surface area contributed by atoms with Gasteiger partial charge in [-0.05, 0) is 59.2 Å². The molecule has 0 aliphatic carbocycles. The summed E-state index contributed by atoms with van der Waals surface area (Å²) in [6, 6.07) is 18.3. The first-order valence-corrected chi connectivity index (χ1v) is 8.87. The zero-order chi connectivity index (χ0) is 18.5. The van der Waals surface area contributed by atoms with Gasteiger partial charge in [-0.1, -0.05) is 40.2 Å². The van der Waals surface area contributed by atoms with E-state index in [-0.39, 0.29) is 5.91 Å². The second kappa shape index (κ2) is 8.12. The summed E-state index contributed by atoms with van der Waals surface area (Å²) in [5.74, 6) is -0.706. The van der Waals surface area contributed by atoms with Crippen molar-refractivity contribution in [3.8, 4) is 0 Å². The van der Waals surface area contributed by atoms with Crippen molar-refractivity contribution in [3.63, 3.8) is 0 Å². The van der Waals surface area contributed by atoms with Crippen LogP contribution in [0.1, 0.15) is 26.3 Å². The van der Waals surface area contributed by atoms with Crippen molar-refractivity contribution in [1.82, 2.24) is 10.8 Å². The number of rotatable bonds is 5. The number of carbonyl (C=O) groups excluding carboxylic acids is 2. The molecule has 0 saturated carbocycles. The molecule has 3 rings (SSSR count). The van der Waals surface area contributed by atoms with Gasteiger partial charge in [-0.2, -0.15) is 0 Å². The average molecular weight is 413 g/mol. The predicted octanol–water partition coefficient (Wildman–Crippen LogP) is 3.69. The number of hydroxylamine groups is 1. The van der Waals surface area contributed by atoms with Gasteiger partial charge in [-0.15, -0.1) is 0 Å². The molecular formula is C20H17BrN2O3. The lowest BCUT2D eigenvalue weighted by Crippen LogP contribution is -2.25. The molecule has 0 aliphatic rings. The van der Waals surface area contributed by atoms with Crippen LogP contribution in [-0.2, 0) is 6.42 Å². The van der Waals surface area contributed by atoms with E-state index in [1.165, 1.54) is 0 Å². The maximum absolute atomic E-state index is 12.3. The molecule has 0 aliphatic heterocycles. The lowest BCUT2D eigenvalue weighted by molar-refractivity contribution is 0.0706. The number of halogens is 1. The van der Waals surface area contributed by atoms with E-state index in [2.05, 4.69) is 21.2 Å². The molecule has 0 atom stereocenters. The molecule has 0 heterocycles. The summed E-state index contributed by atoms with van der Waals surface area (Å²) >= 11 is 3.40. The van der Waals surface area contributed by atoms with Crippen LogP contribution in [0.15, 0.2) is 65.1 Å². The minimum atomic E-state index is -0.568. The molecule has 26 heavy (non-hydrogen) atoms. The zero-order valence-corrected chi connectivity index (χ0v) is 15.4. The van der Waals surface area contributed by atoms with Crippen molar-refractivity contribution in [3.05, 3.63) is 81.8 Å². The van der Waals surface area contributed by atoms with Crippen molar-refractivity contribution in [2.24, 2.45) is 0 Å². The third-order valence-corrected chi connectivity index (χ3v) is 4.61. The van der Waals surface area contributed by atoms with Crippen molar-refractivity contribution < 1.29 is 14.8 Å². The molecule has 3 N–H and O–H groups in total. The van der Waals surface area contributed by atoms with Gasteiger partial charge < -0.3 is 5.32 Å². The topological polar surface area (TPSA) is 78.4 Å². The van der Waals surface area contributed by atoms with E-state index in [1.807, 2.05) is 24.3 Å². The van der Waals surface area contributed by atoms with Gasteiger partial charge in [0, 0.05) is 22.1 Å². The van der Waals surface area contributed by atoms with Crippen LogP contribution in [0.2, 0.25) is 0 Å². The van der Waals surface area contributed by atoms with Crippen molar-refractivity contribution in [2.45, 2.75) is 6.42 Å². The summed E-state index contributed by atoms with van der Waals surface area (Å²) in [5, 5.41) is 13.3. The highest BCUT2D eigenvalue weighted by atomic mass is 79.9. The third-order valence-electron chi connectivity index (χ3n) is 4.08. The Labute approximate surface area is 159 Å². The van der Waals surface area contributed by atoms with E-state index in [4.69, 9.17) is 5.21 Å². The maximum Gasteiger partial charge on any atom is 0.274 e. The van der Waals surface area contributed by atoms with Crippen molar-refractivity contribution >= 4 is 38.5 Å². The normalized spacial score (nSPS) is 10.5. The molecule has 0 bridgehead atoms. The molecule has 0 spiro atoms. The fourth-order valence-electron chi connectivity index (χ4n) is 2.67. The van der Waals surface area contributed by atoms with Gasteiger partial charge in [0.2, 0.25) is 0 Å². The molecule has 6 heteroatoms. The Morgan fingerprint density at radius 2 is 1.42 bits per heavy atom. The van der Waals surface area contributed by atoms with E-state index in [0.717, 1.165) is 27.2 Å². The van der Waals surface area contributed by atoms with E-state index in [9.17, 15) is 9.59 Å². The molecule has 2 amide bonds. The first kappa shape index (κ1) is 18.1. The van der Waals surface area contributed by atoms with Crippen LogP contribution in [-0.4, -0.2) is 23.6 Å². The lowest BCUT2D eigenvalue weighted by atomic mass is 10.0.